The Hall–Kier alpha value is -2.17. The Morgan fingerprint density at radius 1 is 1.26 bits per heavy atom. The zero-order chi connectivity index (χ0) is 14.2. The zero-order valence-electron chi connectivity index (χ0n) is 10.8. The molecular formula is C14H15NO4. The van der Waals surface area contributed by atoms with Gasteiger partial charge in [0.05, 0.1) is 17.5 Å². The third kappa shape index (κ3) is 2.50. The molecule has 1 N–H and O–H groups in total. The Balaban J connectivity index is 2.26. The number of carbonyl (C=O) groups excluding carboxylic acids is 2. The van der Waals surface area contributed by atoms with Gasteiger partial charge in [0.1, 0.15) is 0 Å². The molecule has 1 aromatic rings. The number of aliphatic carboxylic acids is 1. The number of hydrogen-bond acceptors (Lipinski definition) is 3. The second-order valence-electron chi connectivity index (χ2n) is 5.33. The summed E-state index contributed by atoms with van der Waals surface area (Å²) in [5.74, 6) is -1.35. The normalized spacial score (nSPS) is 17.9. The molecule has 0 aliphatic carbocycles. The number of benzene rings is 1. The summed E-state index contributed by atoms with van der Waals surface area (Å²) >= 11 is 0. The minimum Gasteiger partial charge on any atom is -0.481 e. The summed E-state index contributed by atoms with van der Waals surface area (Å²) in [7, 11) is 0. The van der Waals surface area contributed by atoms with Crippen LogP contribution in [-0.2, 0) is 20.8 Å². The first-order chi connectivity index (χ1) is 8.81. The standard InChI is InChI=1S/C14H15NO4/c1-14(2)8-11(16)15(13(14)19)10-5-3-9(4-6-10)7-12(17)18/h3-6H,7-8H2,1-2H3,(H,17,18). The highest BCUT2D eigenvalue weighted by atomic mass is 16.4. The molecule has 1 aromatic carbocycles. The van der Waals surface area contributed by atoms with Crippen molar-refractivity contribution in [3.05, 3.63) is 29.8 Å². The Kier molecular flexibility index (Phi) is 3.14. The number of rotatable bonds is 3. The van der Waals surface area contributed by atoms with Crippen LogP contribution in [0.5, 0.6) is 0 Å². The number of nitrogens with zero attached hydrogens (tertiary/aromatic N) is 1. The Labute approximate surface area is 110 Å². The van der Waals surface area contributed by atoms with Crippen molar-refractivity contribution in [1.82, 2.24) is 0 Å². The lowest BCUT2D eigenvalue weighted by atomic mass is 9.92. The number of carboxylic acid groups (broad SMARTS) is 1. The Morgan fingerprint density at radius 3 is 2.26 bits per heavy atom. The molecule has 2 amide bonds. The lowest BCUT2D eigenvalue weighted by Crippen LogP contribution is -2.32. The van der Waals surface area contributed by atoms with Crippen LogP contribution in [0.2, 0.25) is 0 Å². The molecule has 1 aliphatic rings. The molecule has 0 spiro atoms. The van der Waals surface area contributed by atoms with E-state index in [9.17, 15) is 14.4 Å². The largest absolute Gasteiger partial charge is 0.481 e. The van der Waals surface area contributed by atoms with Gasteiger partial charge in [-0.3, -0.25) is 19.3 Å². The van der Waals surface area contributed by atoms with Crippen LogP contribution in [0.3, 0.4) is 0 Å². The number of amides is 2. The smallest absolute Gasteiger partial charge is 0.307 e. The van der Waals surface area contributed by atoms with Gasteiger partial charge in [-0.05, 0) is 17.7 Å². The van der Waals surface area contributed by atoms with E-state index < -0.39 is 11.4 Å². The van der Waals surface area contributed by atoms with Crippen molar-refractivity contribution >= 4 is 23.5 Å². The fraction of sp³-hybridized carbons (Fsp3) is 0.357. The highest BCUT2D eigenvalue weighted by Crippen LogP contribution is 2.34. The van der Waals surface area contributed by atoms with Crippen molar-refractivity contribution in [3.8, 4) is 0 Å². The summed E-state index contributed by atoms with van der Waals surface area (Å²) in [6.45, 7) is 3.48. The quantitative estimate of drug-likeness (QED) is 0.839. The fourth-order valence-corrected chi connectivity index (χ4v) is 2.15. The molecule has 2 rings (SSSR count). The third-order valence-electron chi connectivity index (χ3n) is 3.17. The number of anilines is 1. The molecule has 1 aliphatic heterocycles. The first-order valence-electron chi connectivity index (χ1n) is 5.99. The molecule has 1 heterocycles. The second kappa shape index (κ2) is 4.50. The molecule has 0 saturated carbocycles. The predicted octanol–water partition coefficient (Wildman–Crippen LogP) is 1.60. The van der Waals surface area contributed by atoms with E-state index in [1.807, 2.05) is 0 Å². The van der Waals surface area contributed by atoms with Crippen LogP contribution in [0.1, 0.15) is 25.8 Å². The molecule has 1 fully saturated rings. The topological polar surface area (TPSA) is 74.7 Å². The van der Waals surface area contributed by atoms with E-state index in [-0.39, 0.29) is 24.7 Å². The molecule has 100 valence electrons. The molecule has 0 unspecified atom stereocenters. The second-order valence-corrected chi connectivity index (χ2v) is 5.33. The van der Waals surface area contributed by atoms with Crippen LogP contribution in [-0.4, -0.2) is 22.9 Å². The number of hydrogen-bond donors (Lipinski definition) is 1. The van der Waals surface area contributed by atoms with Gasteiger partial charge in [0.2, 0.25) is 11.8 Å². The number of imide groups is 1. The van der Waals surface area contributed by atoms with E-state index >= 15 is 0 Å². The van der Waals surface area contributed by atoms with Gasteiger partial charge in [0.25, 0.3) is 0 Å². The molecule has 0 radical (unpaired) electrons. The molecule has 0 atom stereocenters. The number of carbonyl (C=O) groups is 3. The van der Waals surface area contributed by atoms with Gasteiger partial charge >= 0.3 is 5.97 Å². The van der Waals surface area contributed by atoms with E-state index in [2.05, 4.69) is 0 Å². The Bertz CT molecular complexity index is 545. The van der Waals surface area contributed by atoms with Crippen LogP contribution in [0, 0.1) is 5.41 Å². The predicted molar refractivity (Wildman–Crippen MR) is 68.7 cm³/mol. The van der Waals surface area contributed by atoms with E-state index in [0.29, 0.717) is 11.3 Å². The molecule has 1 saturated heterocycles. The van der Waals surface area contributed by atoms with Crippen molar-refractivity contribution in [2.24, 2.45) is 5.41 Å². The maximum absolute atomic E-state index is 12.1. The lowest BCUT2D eigenvalue weighted by Gasteiger charge is -2.17. The summed E-state index contributed by atoms with van der Waals surface area (Å²) < 4.78 is 0. The SMILES string of the molecule is CC1(C)CC(=O)N(c2ccc(CC(=O)O)cc2)C1=O. The van der Waals surface area contributed by atoms with Crippen molar-refractivity contribution in [3.63, 3.8) is 0 Å². The molecule has 19 heavy (non-hydrogen) atoms. The molecular weight excluding hydrogens is 246 g/mol. The number of carboxylic acids is 1. The van der Waals surface area contributed by atoms with Gasteiger partial charge in [-0.2, -0.15) is 0 Å². The van der Waals surface area contributed by atoms with Crippen molar-refractivity contribution in [2.75, 3.05) is 4.90 Å². The lowest BCUT2D eigenvalue weighted by molar-refractivity contribution is -0.136. The molecule has 0 bridgehead atoms. The van der Waals surface area contributed by atoms with E-state index in [0.717, 1.165) is 0 Å². The van der Waals surface area contributed by atoms with E-state index in [1.54, 1.807) is 38.1 Å². The van der Waals surface area contributed by atoms with Crippen LogP contribution >= 0.6 is 0 Å². The first kappa shape index (κ1) is 13.3. The van der Waals surface area contributed by atoms with Gasteiger partial charge < -0.3 is 5.11 Å². The summed E-state index contributed by atoms with van der Waals surface area (Å²) in [6.07, 6.45) is 0.121. The van der Waals surface area contributed by atoms with E-state index in [1.165, 1.54) is 4.90 Å². The summed E-state index contributed by atoms with van der Waals surface area (Å²) in [6, 6.07) is 6.45. The van der Waals surface area contributed by atoms with Crippen LogP contribution < -0.4 is 4.90 Å². The van der Waals surface area contributed by atoms with E-state index in [4.69, 9.17) is 5.11 Å². The average molecular weight is 261 g/mol. The fourth-order valence-electron chi connectivity index (χ4n) is 2.15. The van der Waals surface area contributed by atoms with Crippen LogP contribution in [0.25, 0.3) is 0 Å². The van der Waals surface area contributed by atoms with Gasteiger partial charge in [-0.25, -0.2) is 0 Å². The van der Waals surface area contributed by atoms with Crippen molar-refractivity contribution < 1.29 is 19.5 Å². The Morgan fingerprint density at radius 2 is 1.84 bits per heavy atom. The summed E-state index contributed by atoms with van der Waals surface area (Å²) in [5.41, 5.74) is 0.459. The maximum Gasteiger partial charge on any atom is 0.307 e. The highest BCUT2D eigenvalue weighted by Gasteiger charge is 2.45. The summed E-state index contributed by atoms with van der Waals surface area (Å²) in [5, 5.41) is 8.68. The van der Waals surface area contributed by atoms with Crippen LogP contribution in [0.4, 0.5) is 5.69 Å². The van der Waals surface area contributed by atoms with Crippen molar-refractivity contribution in [1.29, 1.82) is 0 Å². The van der Waals surface area contributed by atoms with Gasteiger partial charge in [-0.1, -0.05) is 26.0 Å². The minimum absolute atomic E-state index is 0.0757. The van der Waals surface area contributed by atoms with Gasteiger partial charge in [0, 0.05) is 6.42 Å². The monoisotopic (exact) mass is 261 g/mol. The van der Waals surface area contributed by atoms with Gasteiger partial charge in [0.15, 0.2) is 0 Å². The maximum atomic E-state index is 12.1. The average Bonchev–Trinajstić information content (AvgIpc) is 2.49. The minimum atomic E-state index is -0.915. The highest BCUT2D eigenvalue weighted by molar-refractivity contribution is 6.22. The van der Waals surface area contributed by atoms with Crippen LogP contribution in [0.15, 0.2) is 24.3 Å². The molecule has 5 nitrogen and oxygen atoms in total. The molecule has 5 heteroatoms. The van der Waals surface area contributed by atoms with Crippen molar-refractivity contribution in [2.45, 2.75) is 26.7 Å². The summed E-state index contributed by atoms with van der Waals surface area (Å²) in [4.78, 5) is 35.7. The first-order valence-corrected chi connectivity index (χ1v) is 5.99. The third-order valence-corrected chi connectivity index (χ3v) is 3.17. The molecule has 0 aromatic heterocycles. The van der Waals surface area contributed by atoms with Gasteiger partial charge in [-0.15, -0.1) is 0 Å². The zero-order valence-corrected chi connectivity index (χ0v) is 10.8.